The van der Waals surface area contributed by atoms with E-state index in [0.717, 1.165) is 66.8 Å². The van der Waals surface area contributed by atoms with Gasteiger partial charge in [-0.2, -0.15) is 0 Å². The van der Waals surface area contributed by atoms with Crippen molar-refractivity contribution in [2.24, 2.45) is 0 Å². The average Bonchev–Trinajstić information content (AvgIpc) is 3.73. The highest BCUT2D eigenvalue weighted by Crippen LogP contribution is 2.42. The second-order valence-electron chi connectivity index (χ2n) is 14.0. The first-order valence-electron chi connectivity index (χ1n) is 19.0. The van der Waals surface area contributed by atoms with Crippen molar-refractivity contribution in [2.45, 2.75) is 0 Å². The minimum absolute atomic E-state index is 0.632. The lowest BCUT2D eigenvalue weighted by molar-refractivity contribution is 0.620. The Balaban J connectivity index is 1.00. The summed E-state index contributed by atoms with van der Waals surface area (Å²) < 4.78 is 6.25. The maximum absolute atomic E-state index is 6.25. The highest BCUT2D eigenvalue weighted by atomic mass is 16.3. The van der Waals surface area contributed by atoms with Crippen LogP contribution in [0.25, 0.3) is 77.8 Å². The summed E-state index contributed by atoms with van der Waals surface area (Å²) in [4.78, 5) is 7.36. The Kier molecular flexibility index (Phi) is 8.51. The molecule has 0 radical (unpaired) electrons. The lowest BCUT2D eigenvalue weighted by Crippen LogP contribution is -2.11. The number of hydrogen-bond donors (Lipinski definition) is 0. The maximum Gasteiger partial charge on any atom is 0.227 e. The van der Waals surface area contributed by atoms with E-state index in [4.69, 9.17) is 9.40 Å². The standard InChI is InChI=1S/C53H36N2O/c1-4-13-37(14-5-1)39-27-32-45(33-28-39)55(49-22-11-10-20-47(49)41-15-6-2-7-16-41)46-34-29-40(30-35-46)38-23-25-42(26-24-38)48-21-12-19-43-31-36-50-52(51(43)48)54-53(56-50)44-17-8-3-9-18-44/h1-36H. The Morgan fingerprint density at radius 3 is 1.43 bits per heavy atom. The fourth-order valence-electron chi connectivity index (χ4n) is 7.74. The fraction of sp³-hybridized carbons (Fsp3) is 0. The number of para-hydroxylation sites is 1. The highest BCUT2D eigenvalue weighted by molar-refractivity contribution is 6.12. The Morgan fingerprint density at radius 1 is 0.339 bits per heavy atom. The molecule has 0 spiro atoms. The van der Waals surface area contributed by atoms with E-state index >= 15 is 0 Å². The molecule has 0 amide bonds. The molecule has 0 aliphatic rings. The molecule has 0 aliphatic carbocycles. The molecule has 0 unspecified atom stereocenters. The number of fused-ring (bicyclic) bond motifs is 3. The predicted molar refractivity (Wildman–Crippen MR) is 233 cm³/mol. The molecule has 1 heterocycles. The van der Waals surface area contributed by atoms with E-state index in [1.165, 1.54) is 22.3 Å². The summed E-state index contributed by atoms with van der Waals surface area (Å²) in [6.45, 7) is 0. The van der Waals surface area contributed by atoms with Crippen molar-refractivity contribution in [3.05, 3.63) is 218 Å². The van der Waals surface area contributed by atoms with Crippen molar-refractivity contribution >= 4 is 38.9 Å². The van der Waals surface area contributed by atoms with Gasteiger partial charge in [0, 0.05) is 27.9 Å². The third-order valence-electron chi connectivity index (χ3n) is 10.5. The number of benzene rings is 9. The van der Waals surface area contributed by atoms with Gasteiger partial charge in [-0.05, 0) is 92.9 Å². The van der Waals surface area contributed by atoms with Crippen LogP contribution in [0.4, 0.5) is 17.1 Å². The lowest BCUT2D eigenvalue weighted by atomic mass is 9.95. The Hall–Kier alpha value is -7.49. The van der Waals surface area contributed by atoms with Crippen LogP contribution in [0.5, 0.6) is 0 Å². The van der Waals surface area contributed by atoms with Crippen LogP contribution in [0.2, 0.25) is 0 Å². The van der Waals surface area contributed by atoms with E-state index in [-0.39, 0.29) is 0 Å². The minimum Gasteiger partial charge on any atom is -0.436 e. The van der Waals surface area contributed by atoms with Crippen LogP contribution >= 0.6 is 0 Å². The molecule has 264 valence electrons. The number of hydrogen-bond acceptors (Lipinski definition) is 3. The molecule has 0 aliphatic heterocycles. The number of aromatic nitrogens is 1. The molecule has 0 N–H and O–H groups in total. The highest BCUT2D eigenvalue weighted by Gasteiger charge is 2.18. The zero-order chi connectivity index (χ0) is 37.3. The average molecular weight is 717 g/mol. The quantitative estimate of drug-likeness (QED) is 0.157. The minimum atomic E-state index is 0.632. The molecule has 0 saturated carbocycles. The molecule has 0 saturated heterocycles. The van der Waals surface area contributed by atoms with Gasteiger partial charge >= 0.3 is 0 Å². The van der Waals surface area contributed by atoms with Crippen molar-refractivity contribution in [3.8, 4) is 56.0 Å². The van der Waals surface area contributed by atoms with E-state index < -0.39 is 0 Å². The van der Waals surface area contributed by atoms with Crippen LogP contribution in [-0.2, 0) is 0 Å². The Bertz CT molecular complexity index is 2920. The van der Waals surface area contributed by atoms with E-state index in [1.807, 2.05) is 36.4 Å². The van der Waals surface area contributed by atoms with Crippen LogP contribution in [-0.4, -0.2) is 4.98 Å². The van der Waals surface area contributed by atoms with Gasteiger partial charge in [-0.25, -0.2) is 4.98 Å². The number of nitrogens with zero attached hydrogens (tertiary/aromatic N) is 2. The van der Waals surface area contributed by atoms with Crippen molar-refractivity contribution in [2.75, 3.05) is 4.90 Å². The lowest BCUT2D eigenvalue weighted by Gasteiger charge is -2.28. The monoisotopic (exact) mass is 716 g/mol. The molecule has 10 aromatic rings. The van der Waals surface area contributed by atoms with Gasteiger partial charge in [0.05, 0.1) is 5.69 Å². The predicted octanol–water partition coefficient (Wildman–Crippen LogP) is 14.8. The summed E-state index contributed by atoms with van der Waals surface area (Å²) in [6, 6.07) is 77.1. The molecule has 3 heteroatoms. The number of rotatable bonds is 8. The molecule has 1 aromatic heterocycles. The molecular weight excluding hydrogens is 681 g/mol. The summed E-state index contributed by atoms with van der Waals surface area (Å²) >= 11 is 0. The van der Waals surface area contributed by atoms with Crippen LogP contribution in [0.15, 0.2) is 223 Å². The van der Waals surface area contributed by atoms with Gasteiger partial charge in [-0.15, -0.1) is 0 Å². The summed E-state index contributed by atoms with van der Waals surface area (Å²) in [5.41, 5.74) is 15.3. The third kappa shape index (κ3) is 6.21. The van der Waals surface area contributed by atoms with Crippen LogP contribution < -0.4 is 4.90 Å². The van der Waals surface area contributed by atoms with Gasteiger partial charge in [-0.3, -0.25) is 0 Å². The van der Waals surface area contributed by atoms with Gasteiger partial charge in [0.1, 0.15) is 5.52 Å². The second kappa shape index (κ2) is 14.4. The normalized spacial score (nSPS) is 11.2. The van der Waals surface area contributed by atoms with Crippen molar-refractivity contribution in [3.63, 3.8) is 0 Å². The zero-order valence-electron chi connectivity index (χ0n) is 30.6. The van der Waals surface area contributed by atoms with Crippen LogP contribution in [0, 0.1) is 0 Å². The van der Waals surface area contributed by atoms with Crippen molar-refractivity contribution < 1.29 is 4.42 Å². The molecule has 0 fully saturated rings. The van der Waals surface area contributed by atoms with E-state index in [1.54, 1.807) is 0 Å². The maximum atomic E-state index is 6.25. The topological polar surface area (TPSA) is 29.3 Å². The Morgan fingerprint density at radius 2 is 0.804 bits per heavy atom. The molecule has 3 nitrogen and oxygen atoms in total. The smallest absolute Gasteiger partial charge is 0.227 e. The number of anilines is 3. The molecule has 0 bridgehead atoms. The van der Waals surface area contributed by atoms with Gasteiger partial charge in [-0.1, -0.05) is 170 Å². The molecular formula is C53H36N2O. The zero-order valence-corrected chi connectivity index (χ0v) is 30.6. The SMILES string of the molecule is c1ccc(-c2ccc(N(c3ccc(-c4ccc(-c5cccc6ccc7oc(-c8ccccc8)nc7c56)cc4)cc3)c3ccccc3-c3ccccc3)cc2)cc1. The van der Waals surface area contributed by atoms with E-state index in [0.29, 0.717) is 5.89 Å². The summed E-state index contributed by atoms with van der Waals surface area (Å²) in [5, 5.41) is 2.23. The molecule has 10 rings (SSSR count). The molecule has 9 aromatic carbocycles. The first-order chi connectivity index (χ1) is 27.8. The van der Waals surface area contributed by atoms with Crippen molar-refractivity contribution in [1.82, 2.24) is 4.98 Å². The van der Waals surface area contributed by atoms with Gasteiger partial charge < -0.3 is 9.32 Å². The first kappa shape index (κ1) is 33.1. The Labute approximate surface area is 326 Å². The number of oxazole rings is 1. The van der Waals surface area contributed by atoms with Gasteiger partial charge in [0.15, 0.2) is 5.58 Å². The summed E-state index contributed by atoms with van der Waals surface area (Å²) in [6.07, 6.45) is 0. The van der Waals surface area contributed by atoms with E-state index in [2.05, 4.69) is 187 Å². The fourth-order valence-corrected chi connectivity index (χ4v) is 7.74. The second-order valence-corrected chi connectivity index (χ2v) is 14.0. The first-order valence-corrected chi connectivity index (χ1v) is 19.0. The van der Waals surface area contributed by atoms with Crippen molar-refractivity contribution in [1.29, 1.82) is 0 Å². The third-order valence-corrected chi connectivity index (χ3v) is 10.5. The van der Waals surface area contributed by atoms with Crippen LogP contribution in [0.3, 0.4) is 0 Å². The summed E-state index contributed by atoms with van der Waals surface area (Å²) in [5.74, 6) is 0.632. The van der Waals surface area contributed by atoms with E-state index in [9.17, 15) is 0 Å². The van der Waals surface area contributed by atoms with Gasteiger partial charge in [0.25, 0.3) is 0 Å². The largest absolute Gasteiger partial charge is 0.436 e. The van der Waals surface area contributed by atoms with Gasteiger partial charge in [0.2, 0.25) is 5.89 Å². The molecule has 56 heavy (non-hydrogen) atoms. The molecule has 0 atom stereocenters. The summed E-state index contributed by atoms with van der Waals surface area (Å²) in [7, 11) is 0. The van der Waals surface area contributed by atoms with Crippen LogP contribution in [0.1, 0.15) is 0 Å².